The highest BCUT2D eigenvalue weighted by molar-refractivity contribution is 6.04. The van der Waals surface area contributed by atoms with Crippen molar-refractivity contribution in [1.29, 1.82) is 0 Å². The first-order valence-corrected chi connectivity index (χ1v) is 14.0. The van der Waals surface area contributed by atoms with E-state index in [9.17, 15) is 9.50 Å². The molecular weight excluding hydrogens is 561 g/mol. The van der Waals surface area contributed by atoms with Gasteiger partial charge in [-0.15, -0.1) is 20.4 Å². The summed E-state index contributed by atoms with van der Waals surface area (Å²) in [5.41, 5.74) is 4.84. The van der Waals surface area contributed by atoms with Crippen molar-refractivity contribution in [2.75, 3.05) is 0 Å². The van der Waals surface area contributed by atoms with Crippen LogP contribution >= 0.6 is 0 Å². The SMILES string of the molecule is Cc1cc(F)cc(C)c1Oc1ccc(C(C)(C)O)cc1-c1cn2c(C)nnc2c2cc(-c3nnc(-c4ccccn4)o3)[nH]c12. The molecule has 7 aromatic rings. The fraction of sp³-hybridized carbons (Fsp3) is 0.182. The Kier molecular flexibility index (Phi) is 6.29. The largest absolute Gasteiger partial charge is 0.456 e. The van der Waals surface area contributed by atoms with Crippen LogP contribution in [0.5, 0.6) is 11.5 Å². The summed E-state index contributed by atoms with van der Waals surface area (Å²) in [6.07, 6.45) is 3.59. The standard InChI is InChI=1S/C33H28FN7O3/c1-17-12-21(34)13-18(2)29(17)43-27-10-9-20(33(4,5)42)14-22(27)24-16-41-19(3)37-38-30(41)23-15-26(36-28(23)24)32-40-39-31(44-32)25-8-6-7-11-35-25/h6-16,36,42H,1-5H3. The maximum atomic E-state index is 14.1. The molecule has 0 amide bonds. The van der Waals surface area contributed by atoms with Gasteiger partial charge in [0.25, 0.3) is 11.8 Å². The molecule has 0 spiro atoms. The second-order valence-electron chi connectivity index (χ2n) is 11.3. The van der Waals surface area contributed by atoms with Crippen LogP contribution in [0.2, 0.25) is 0 Å². The molecule has 5 heterocycles. The number of nitrogens with zero attached hydrogens (tertiary/aromatic N) is 6. The zero-order valence-corrected chi connectivity index (χ0v) is 24.7. The van der Waals surface area contributed by atoms with Gasteiger partial charge < -0.3 is 19.2 Å². The number of H-pyrrole nitrogens is 1. The average molecular weight is 590 g/mol. The quantitative estimate of drug-likeness (QED) is 0.211. The topological polar surface area (TPSA) is 127 Å². The first kappa shape index (κ1) is 27.4. The summed E-state index contributed by atoms with van der Waals surface area (Å²) in [6, 6.07) is 15.8. The Morgan fingerprint density at radius 3 is 2.41 bits per heavy atom. The van der Waals surface area contributed by atoms with E-state index >= 15 is 0 Å². The highest BCUT2D eigenvalue weighted by Crippen LogP contribution is 2.42. The number of aryl methyl sites for hydroxylation is 3. The zero-order valence-electron chi connectivity index (χ0n) is 24.7. The lowest BCUT2D eigenvalue weighted by atomic mass is 9.93. The van der Waals surface area contributed by atoms with Crippen LogP contribution < -0.4 is 4.74 Å². The molecule has 0 unspecified atom stereocenters. The average Bonchev–Trinajstić information content (AvgIpc) is 3.73. The molecule has 0 atom stereocenters. The van der Waals surface area contributed by atoms with Crippen LogP contribution in [0.25, 0.3) is 50.8 Å². The van der Waals surface area contributed by atoms with Crippen molar-refractivity contribution in [3.63, 3.8) is 0 Å². The number of benzene rings is 2. The van der Waals surface area contributed by atoms with E-state index < -0.39 is 5.60 Å². The summed E-state index contributed by atoms with van der Waals surface area (Å²) in [7, 11) is 0. The smallest absolute Gasteiger partial charge is 0.266 e. The number of pyridine rings is 2. The molecule has 7 rings (SSSR count). The molecule has 0 saturated carbocycles. The Morgan fingerprint density at radius 2 is 1.68 bits per heavy atom. The number of rotatable bonds is 6. The minimum atomic E-state index is -1.13. The lowest BCUT2D eigenvalue weighted by molar-refractivity contribution is 0.0786. The van der Waals surface area contributed by atoms with Crippen LogP contribution in [-0.2, 0) is 5.60 Å². The van der Waals surface area contributed by atoms with Crippen LogP contribution in [-0.4, -0.2) is 39.9 Å². The molecule has 0 saturated heterocycles. The second-order valence-corrected chi connectivity index (χ2v) is 11.3. The predicted octanol–water partition coefficient (Wildman–Crippen LogP) is 7.07. The summed E-state index contributed by atoms with van der Waals surface area (Å²) < 4.78 is 28.5. The third-order valence-corrected chi connectivity index (χ3v) is 7.61. The second kappa shape index (κ2) is 10.1. The molecule has 11 heteroatoms. The molecule has 0 aliphatic carbocycles. The molecule has 44 heavy (non-hydrogen) atoms. The van der Waals surface area contributed by atoms with E-state index in [1.54, 1.807) is 26.1 Å². The number of nitrogens with one attached hydrogen (secondary N) is 1. The monoisotopic (exact) mass is 589 g/mol. The Labute approximate surface area is 251 Å². The Bertz CT molecular complexity index is 2170. The molecule has 5 aromatic heterocycles. The van der Waals surface area contributed by atoms with E-state index in [-0.39, 0.29) is 11.7 Å². The van der Waals surface area contributed by atoms with Crippen LogP contribution in [0.1, 0.15) is 36.4 Å². The van der Waals surface area contributed by atoms with E-state index in [2.05, 4.69) is 30.4 Å². The summed E-state index contributed by atoms with van der Waals surface area (Å²) in [5.74, 6) is 2.01. The number of hydrogen-bond acceptors (Lipinski definition) is 8. The van der Waals surface area contributed by atoms with Crippen molar-refractivity contribution in [3.8, 4) is 45.8 Å². The highest BCUT2D eigenvalue weighted by Gasteiger charge is 2.24. The number of hydrogen-bond donors (Lipinski definition) is 2. The zero-order chi connectivity index (χ0) is 30.7. The summed E-state index contributed by atoms with van der Waals surface area (Å²) in [4.78, 5) is 7.76. The van der Waals surface area contributed by atoms with Crippen LogP contribution in [0.15, 0.2) is 71.4 Å². The number of aliphatic hydroxyl groups is 1. The van der Waals surface area contributed by atoms with Gasteiger partial charge in [0.1, 0.15) is 34.5 Å². The van der Waals surface area contributed by atoms with Gasteiger partial charge in [0.2, 0.25) is 0 Å². The lowest BCUT2D eigenvalue weighted by Gasteiger charge is -2.22. The maximum Gasteiger partial charge on any atom is 0.266 e. The summed E-state index contributed by atoms with van der Waals surface area (Å²) >= 11 is 0. The molecule has 10 nitrogen and oxygen atoms in total. The van der Waals surface area contributed by atoms with Crippen molar-refractivity contribution >= 4 is 16.6 Å². The fourth-order valence-electron chi connectivity index (χ4n) is 5.37. The molecule has 0 radical (unpaired) electrons. The Morgan fingerprint density at radius 1 is 0.909 bits per heavy atom. The molecule has 0 aliphatic heterocycles. The molecule has 0 bridgehead atoms. The van der Waals surface area contributed by atoms with Crippen molar-refractivity contribution in [3.05, 3.63) is 95.3 Å². The van der Waals surface area contributed by atoms with Crippen molar-refractivity contribution in [2.24, 2.45) is 0 Å². The minimum absolute atomic E-state index is 0.279. The molecule has 220 valence electrons. The van der Waals surface area contributed by atoms with Gasteiger partial charge >= 0.3 is 0 Å². The third kappa shape index (κ3) is 4.67. The van der Waals surface area contributed by atoms with E-state index in [1.807, 2.05) is 67.8 Å². The number of aromatic amines is 1. The fourth-order valence-corrected chi connectivity index (χ4v) is 5.37. The van der Waals surface area contributed by atoms with E-state index in [1.165, 1.54) is 12.1 Å². The first-order valence-electron chi connectivity index (χ1n) is 14.0. The number of halogens is 1. The Hall–Kier alpha value is -5.42. The molecule has 0 aliphatic rings. The number of aromatic nitrogens is 7. The van der Waals surface area contributed by atoms with Gasteiger partial charge in [0.05, 0.1) is 11.1 Å². The third-order valence-electron chi connectivity index (χ3n) is 7.61. The van der Waals surface area contributed by atoms with Crippen LogP contribution in [0.4, 0.5) is 4.39 Å². The number of ether oxygens (including phenoxy) is 1. The van der Waals surface area contributed by atoms with Gasteiger partial charge in [-0.3, -0.25) is 9.38 Å². The summed E-state index contributed by atoms with van der Waals surface area (Å²) in [5, 5.41) is 28.9. The van der Waals surface area contributed by atoms with Crippen LogP contribution in [0, 0.1) is 26.6 Å². The molecule has 2 N–H and O–H groups in total. The lowest BCUT2D eigenvalue weighted by Crippen LogP contribution is -2.15. The van der Waals surface area contributed by atoms with Crippen molar-refractivity contribution in [1.82, 2.24) is 34.8 Å². The number of fused-ring (bicyclic) bond motifs is 3. The van der Waals surface area contributed by atoms with Gasteiger partial charge in [0.15, 0.2) is 5.65 Å². The van der Waals surface area contributed by atoms with Gasteiger partial charge in [-0.25, -0.2) is 4.39 Å². The predicted molar refractivity (Wildman–Crippen MR) is 163 cm³/mol. The van der Waals surface area contributed by atoms with Gasteiger partial charge in [-0.05, 0) is 93.8 Å². The van der Waals surface area contributed by atoms with Crippen molar-refractivity contribution < 1.29 is 18.7 Å². The summed E-state index contributed by atoms with van der Waals surface area (Å²) in [6.45, 7) is 8.94. The van der Waals surface area contributed by atoms with E-state index in [4.69, 9.17) is 9.15 Å². The highest BCUT2D eigenvalue weighted by atomic mass is 19.1. The Balaban J connectivity index is 1.46. The molecule has 2 aromatic carbocycles. The van der Waals surface area contributed by atoms with E-state index in [0.717, 1.165) is 16.5 Å². The maximum absolute atomic E-state index is 14.1. The van der Waals surface area contributed by atoms with E-state index in [0.29, 0.717) is 62.5 Å². The molecule has 0 fully saturated rings. The van der Waals surface area contributed by atoms with Gasteiger partial charge in [0, 0.05) is 28.9 Å². The van der Waals surface area contributed by atoms with Crippen molar-refractivity contribution in [2.45, 2.75) is 40.2 Å². The first-order chi connectivity index (χ1) is 21.1. The van der Waals surface area contributed by atoms with Gasteiger partial charge in [-0.1, -0.05) is 12.1 Å². The minimum Gasteiger partial charge on any atom is -0.456 e. The van der Waals surface area contributed by atoms with Gasteiger partial charge in [-0.2, -0.15) is 0 Å². The van der Waals surface area contributed by atoms with Crippen LogP contribution in [0.3, 0.4) is 0 Å². The molecular formula is C33H28FN7O3. The normalized spacial score (nSPS) is 12.0.